The van der Waals surface area contributed by atoms with Crippen molar-refractivity contribution in [3.05, 3.63) is 388 Å². The van der Waals surface area contributed by atoms with Crippen LogP contribution in [0.2, 0.25) is 0 Å². The molecule has 8 nitrogen and oxygen atoms in total. The number of benzene rings is 19. The van der Waals surface area contributed by atoms with Crippen LogP contribution in [0.15, 0.2) is 388 Å². The van der Waals surface area contributed by atoms with E-state index in [-0.39, 0.29) is 0 Å². The van der Waals surface area contributed by atoms with E-state index in [1.54, 1.807) is 0 Å². The second kappa shape index (κ2) is 25.1. The summed E-state index contributed by atoms with van der Waals surface area (Å²) >= 11 is 0. The fourth-order valence-corrected chi connectivity index (χ4v) is 18.7. The molecule has 0 aliphatic rings. The van der Waals surface area contributed by atoms with Gasteiger partial charge in [0.05, 0.1) is 55.2 Å². The van der Waals surface area contributed by atoms with E-state index in [0.29, 0.717) is 11.8 Å². The van der Waals surface area contributed by atoms with Crippen LogP contribution in [-0.2, 0) is 0 Å². The second-order valence-electron chi connectivity index (χ2n) is 30.0. The SMILES string of the molecule is c1ccc(-c2nc(-n3c4ccccc4c4cc(-c5ccc6c(c5)c5ccccc5n6-c5ccc6c7ccccc7c7ccccc7c6c5)ccc43)c3ccccc3n2)cc1.c1ccc2nc(-n3c4ccccc4c4cc(-c5ccc6c(c5)c5ccccc5n6-c5ccc6c7ccccc7c7ccccc7c6c5)ccc43)ncc2c1. The molecule has 114 heavy (non-hydrogen) atoms. The highest BCUT2D eigenvalue weighted by atomic mass is 15.2. The number of fused-ring (bicyclic) bond motifs is 26. The molecule has 0 aliphatic heterocycles. The van der Waals surface area contributed by atoms with E-state index in [9.17, 15) is 0 Å². The molecular formula is C106H64N8. The van der Waals surface area contributed by atoms with Gasteiger partial charge in [-0.3, -0.25) is 9.13 Å². The van der Waals surface area contributed by atoms with Gasteiger partial charge >= 0.3 is 0 Å². The fraction of sp³-hybridized carbons (Fsp3) is 0. The summed E-state index contributed by atoms with van der Waals surface area (Å²) in [6.07, 6.45) is 1.92. The van der Waals surface area contributed by atoms with Crippen LogP contribution < -0.4 is 0 Å². The minimum atomic E-state index is 0.678. The highest BCUT2D eigenvalue weighted by Gasteiger charge is 2.23. The molecule has 0 atom stereocenters. The molecular weight excluding hydrogens is 1390 g/mol. The highest BCUT2D eigenvalue weighted by Crippen LogP contribution is 2.45. The van der Waals surface area contributed by atoms with E-state index in [2.05, 4.69) is 358 Å². The first-order chi connectivity index (χ1) is 56.5. The van der Waals surface area contributed by atoms with E-state index in [4.69, 9.17) is 19.9 Å². The Morgan fingerprint density at radius 3 is 0.930 bits per heavy atom. The molecule has 0 saturated carbocycles. The van der Waals surface area contributed by atoms with Gasteiger partial charge < -0.3 is 9.13 Å². The van der Waals surface area contributed by atoms with Gasteiger partial charge in [-0.2, -0.15) is 0 Å². The van der Waals surface area contributed by atoms with Crippen LogP contribution in [0.25, 0.3) is 230 Å². The summed E-state index contributed by atoms with van der Waals surface area (Å²) in [5.74, 6) is 2.27. The molecule has 8 heteroatoms. The van der Waals surface area contributed by atoms with Crippen LogP contribution in [0.3, 0.4) is 0 Å². The molecule has 0 amide bonds. The Morgan fingerprint density at radius 1 is 0.175 bits per heavy atom. The first-order valence-electron chi connectivity index (χ1n) is 38.9. The largest absolute Gasteiger partial charge is 0.309 e. The normalized spacial score (nSPS) is 12.0. The summed E-state index contributed by atoms with van der Waals surface area (Å²) < 4.78 is 9.37. The minimum Gasteiger partial charge on any atom is -0.309 e. The van der Waals surface area contributed by atoms with Crippen LogP contribution in [0, 0.1) is 0 Å². The van der Waals surface area contributed by atoms with Crippen LogP contribution in [-0.4, -0.2) is 38.2 Å². The van der Waals surface area contributed by atoms with Gasteiger partial charge in [0.25, 0.3) is 0 Å². The quantitative estimate of drug-likeness (QED) is 0.149. The Bertz CT molecular complexity index is 8320. The fourth-order valence-electron chi connectivity index (χ4n) is 18.7. The zero-order valence-corrected chi connectivity index (χ0v) is 61.5. The van der Waals surface area contributed by atoms with Crippen LogP contribution in [0.5, 0.6) is 0 Å². The van der Waals surface area contributed by atoms with Crippen molar-refractivity contribution in [1.29, 1.82) is 0 Å². The third-order valence-electron chi connectivity index (χ3n) is 23.8. The molecule has 0 saturated heterocycles. The van der Waals surface area contributed by atoms with E-state index in [1.807, 2.05) is 48.7 Å². The van der Waals surface area contributed by atoms with Crippen molar-refractivity contribution in [2.45, 2.75) is 0 Å². The lowest BCUT2D eigenvalue weighted by Gasteiger charge is -2.14. The van der Waals surface area contributed by atoms with Gasteiger partial charge in [-0.25, -0.2) is 19.9 Å². The van der Waals surface area contributed by atoms with Gasteiger partial charge in [0.2, 0.25) is 5.95 Å². The predicted octanol–water partition coefficient (Wildman–Crippen LogP) is 27.6. The minimum absolute atomic E-state index is 0.678. The van der Waals surface area contributed by atoms with Crippen molar-refractivity contribution in [3.63, 3.8) is 0 Å². The Morgan fingerprint density at radius 2 is 0.491 bits per heavy atom. The molecule has 19 aromatic carbocycles. The molecule has 0 spiro atoms. The number of rotatable bonds is 7. The standard InChI is InChI=1S/C56H34N4.C50H30N4/c1-2-14-35(15-3-1)55-57-50-23-11-8-22-46(50)56(58-55)60-52-25-13-10-21-45(52)49-33-37(27-31-54(49)60)36-26-30-53-48(32-36)44-20-9-12-24-51(44)59(53)38-28-29-43-41-18-5-4-16-39(41)40-17-6-7-19-42(40)47(43)34-38;1-8-18-45-33(11-1)30-51-50(52-45)54-47-20-10-7-17-41(47)44-28-32(22-26-49(44)54)31-21-25-48-43(27-31)40-16-6-9-19-46(40)53(48)34-23-24-39-37-14-3-2-12-35(37)36-13-4-5-15-38(36)42(39)29-34/h1-34H;1-30H. The van der Waals surface area contributed by atoms with Crippen LogP contribution in [0.1, 0.15) is 0 Å². The molecule has 0 N–H and O–H groups in total. The van der Waals surface area contributed by atoms with Gasteiger partial charge in [0.1, 0.15) is 5.82 Å². The summed E-state index contributed by atoms with van der Waals surface area (Å²) in [6, 6.07) is 138. The predicted molar refractivity (Wildman–Crippen MR) is 478 cm³/mol. The molecule has 25 aromatic rings. The van der Waals surface area contributed by atoms with E-state index >= 15 is 0 Å². The summed E-state index contributed by atoms with van der Waals surface area (Å²) in [7, 11) is 0. The lowest BCUT2D eigenvalue weighted by atomic mass is 9.94. The molecule has 0 radical (unpaired) electrons. The summed E-state index contributed by atoms with van der Waals surface area (Å²) in [5, 5.41) is 27.1. The van der Waals surface area contributed by atoms with Crippen LogP contribution in [0.4, 0.5) is 0 Å². The van der Waals surface area contributed by atoms with Gasteiger partial charge in [-0.05, 0) is 202 Å². The first-order valence-corrected chi connectivity index (χ1v) is 38.9. The van der Waals surface area contributed by atoms with Gasteiger partial charge in [0.15, 0.2) is 5.82 Å². The second-order valence-corrected chi connectivity index (χ2v) is 30.0. The van der Waals surface area contributed by atoms with E-state index in [1.165, 1.54) is 152 Å². The molecule has 0 unspecified atom stereocenters. The summed E-state index contributed by atoms with van der Waals surface area (Å²) in [5.41, 5.74) is 19.0. The molecule has 0 aliphatic carbocycles. The average molecular weight is 1450 g/mol. The number of hydrogen-bond acceptors (Lipinski definition) is 4. The van der Waals surface area contributed by atoms with Crippen molar-refractivity contribution in [2.75, 3.05) is 0 Å². The topological polar surface area (TPSA) is 71.3 Å². The van der Waals surface area contributed by atoms with E-state index in [0.717, 1.165) is 66.6 Å². The number of hydrogen-bond donors (Lipinski definition) is 0. The summed E-state index contributed by atoms with van der Waals surface area (Å²) in [4.78, 5) is 20.1. The molecule has 25 rings (SSSR count). The number of para-hydroxylation sites is 6. The maximum Gasteiger partial charge on any atom is 0.235 e. The molecule has 0 fully saturated rings. The van der Waals surface area contributed by atoms with Crippen LogP contribution >= 0.6 is 0 Å². The Kier molecular flexibility index (Phi) is 14.0. The van der Waals surface area contributed by atoms with Gasteiger partial charge in [-0.15, -0.1) is 0 Å². The summed E-state index contributed by atoms with van der Waals surface area (Å²) in [6.45, 7) is 0. The average Bonchev–Trinajstić information content (AvgIpc) is 1.53. The van der Waals surface area contributed by atoms with Crippen molar-refractivity contribution in [3.8, 4) is 56.8 Å². The Balaban J connectivity index is 0.000000132. The number of aromatic nitrogens is 8. The number of nitrogens with zero attached hydrogens (tertiary/aromatic N) is 8. The molecule has 6 heterocycles. The smallest absolute Gasteiger partial charge is 0.235 e. The Labute approximate surface area is 652 Å². The van der Waals surface area contributed by atoms with Crippen molar-refractivity contribution in [1.82, 2.24) is 38.2 Å². The zero-order chi connectivity index (χ0) is 74.6. The van der Waals surface area contributed by atoms with Gasteiger partial charge in [0, 0.05) is 77.0 Å². The third-order valence-corrected chi connectivity index (χ3v) is 23.8. The molecule has 0 bridgehead atoms. The lowest BCUT2D eigenvalue weighted by molar-refractivity contribution is 1.01. The lowest BCUT2D eigenvalue weighted by Crippen LogP contribution is -2.02. The van der Waals surface area contributed by atoms with Crippen molar-refractivity contribution in [2.24, 2.45) is 0 Å². The molecule has 6 aromatic heterocycles. The third kappa shape index (κ3) is 9.71. The highest BCUT2D eigenvalue weighted by molar-refractivity contribution is 6.28. The maximum absolute atomic E-state index is 5.28. The monoisotopic (exact) mass is 1450 g/mol. The first kappa shape index (κ1) is 63.5. The molecule has 528 valence electrons. The Hall–Kier alpha value is -15.4. The zero-order valence-electron chi connectivity index (χ0n) is 61.5. The maximum atomic E-state index is 5.28. The van der Waals surface area contributed by atoms with Crippen molar-refractivity contribution >= 4 is 174 Å². The van der Waals surface area contributed by atoms with Crippen molar-refractivity contribution < 1.29 is 0 Å². The van der Waals surface area contributed by atoms with Gasteiger partial charge in [-0.1, -0.05) is 267 Å². The van der Waals surface area contributed by atoms with E-state index < -0.39 is 0 Å².